The number of aromatic nitrogens is 2. The van der Waals surface area contributed by atoms with Gasteiger partial charge in [0.1, 0.15) is 11.6 Å². The highest BCUT2D eigenvalue weighted by Crippen LogP contribution is 2.02. The van der Waals surface area contributed by atoms with Gasteiger partial charge in [0.15, 0.2) is 0 Å². The van der Waals surface area contributed by atoms with Crippen molar-refractivity contribution in [2.24, 2.45) is 0 Å². The molecule has 0 bridgehead atoms. The van der Waals surface area contributed by atoms with Crippen molar-refractivity contribution in [2.75, 3.05) is 29.9 Å². The lowest BCUT2D eigenvalue weighted by molar-refractivity contribution is 0.584. The molecule has 0 aliphatic heterocycles. The van der Waals surface area contributed by atoms with Crippen LogP contribution in [0.5, 0.6) is 0 Å². The minimum absolute atomic E-state index is 0.0165. The maximum Gasteiger partial charge on any atom is 0.213 e. The zero-order valence-electron chi connectivity index (χ0n) is 8.97. The van der Waals surface area contributed by atoms with Gasteiger partial charge in [0.2, 0.25) is 10.0 Å². The predicted molar refractivity (Wildman–Crippen MR) is 62.4 cm³/mol. The molecule has 1 rings (SSSR count). The van der Waals surface area contributed by atoms with Crippen LogP contribution in [0.4, 0.5) is 11.6 Å². The van der Waals surface area contributed by atoms with Crippen LogP contribution in [0.15, 0.2) is 12.4 Å². The monoisotopic (exact) mass is 245 g/mol. The second kappa shape index (κ2) is 5.61. The number of sulfonamides is 1. The molecule has 0 aliphatic carbocycles. The maximum atomic E-state index is 11.3. The fourth-order valence-electron chi connectivity index (χ4n) is 1.07. The summed E-state index contributed by atoms with van der Waals surface area (Å²) in [6, 6.07) is 0. The van der Waals surface area contributed by atoms with Gasteiger partial charge in [0.25, 0.3) is 0 Å². The van der Waals surface area contributed by atoms with Crippen molar-refractivity contribution < 1.29 is 8.42 Å². The molecule has 0 aromatic carbocycles. The van der Waals surface area contributed by atoms with E-state index in [1.807, 2.05) is 0 Å². The van der Waals surface area contributed by atoms with Crippen molar-refractivity contribution in [3.05, 3.63) is 12.4 Å². The largest absolute Gasteiger partial charge is 0.382 e. The van der Waals surface area contributed by atoms with E-state index in [1.54, 1.807) is 6.92 Å². The first-order valence-electron chi connectivity index (χ1n) is 4.82. The van der Waals surface area contributed by atoms with E-state index in [1.165, 1.54) is 12.4 Å². The molecule has 0 fully saturated rings. The molecule has 0 saturated heterocycles. The third-order valence-electron chi connectivity index (χ3n) is 1.69. The summed E-state index contributed by atoms with van der Waals surface area (Å²) in [6.45, 7) is 2.38. The fourth-order valence-corrected chi connectivity index (χ4v) is 2.03. The second-order valence-electron chi connectivity index (χ2n) is 3.07. The van der Waals surface area contributed by atoms with Crippen LogP contribution < -0.4 is 15.8 Å². The topological polar surface area (TPSA) is 110 Å². The summed E-state index contributed by atoms with van der Waals surface area (Å²) in [5.41, 5.74) is 5.42. The van der Waals surface area contributed by atoms with Crippen LogP contribution in [0, 0.1) is 0 Å². The van der Waals surface area contributed by atoms with Crippen LogP contribution in [-0.2, 0) is 10.0 Å². The van der Waals surface area contributed by atoms with Crippen molar-refractivity contribution in [2.45, 2.75) is 6.92 Å². The first kappa shape index (κ1) is 12.7. The van der Waals surface area contributed by atoms with Crippen molar-refractivity contribution in [1.82, 2.24) is 14.7 Å². The summed E-state index contributed by atoms with van der Waals surface area (Å²) in [7, 11) is -3.20. The fraction of sp³-hybridized carbons (Fsp3) is 0.500. The minimum atomic E-state index is -3.20. The van der Waals surface area contributed by atoms with Crippen LogP contribution in [0.25, 0.3) is 0 Å². The number of nitrogens with two attached hydrogens (primary N) is 1. The highest BCUT2D eigenvalue weighted by atomic mass is 32.2. The molecule has 1 aromatic heterocycles. The number of nitrogens with one attached hydrogen (secondary N) is 2. The molecule has 7 nitrogen and oxygen atoms in total. The normalized spacial score (nSPS) is 11.3. The molecule has 1 aromatic rings. The predicted octanol–water partition coefficient (Wildman–Crippen LogP) is -0.590. The van der Waals surface area contributed by atoms with E-state index in [9.17, 15) is 8.42 Å². The molecular formula is C8H15N5O2S. The Morgan fingerprint density at radius 2 is 2.19 bits per heavy atom. The summed E-state index contributed by atoms with van der Waals surface area (Å²) in [5.74, 6) is 0.739. The zero-order chi connectivity index (χ0) is 12.0. The molecule has 90 valence electrons. The van der Waals surface area contributed by atoms with Crippen molar-refractivity contribution >= 4 is 21.7 Å². The van der Waals surface area contributed by atoms with Crippen LogP contribution >= 0.6 is 0 Å². The first-order valence-corrected chi connectivity index (χ1v) is 6.47. The quantitative estimate of drug-likeness (QED) is 0.618. The van der Waals surface area contributed by atoms with E-state index in [0.717, 1.165) is 0 Å². The first-order chi connectivity index (χ1) is 7.53. The van der Waals surface area contributed by atoms with Gasteiger partial charge >= 0.3 is 0 Å². The van der Waals surface area contributed by atoms with Crippen molar-refractivity contribution in [1.29, 1.82) is 0 Å². The van der Waals surface area contributed by atoms with E-state index in [4.69, 9.17) is 5.73 Å². The van der Waals surface area contributed by atoms with Gasteiger partial charge in [-0.3, -0.25) is 4.98 Å². The van der Waals surface area contributed by atoms with Gasteiger partial charge in [0.05, 0.1) is 18.1 Å². The second-order valence-corrected chi connectivity index (χ2v) is 5.00. The maximum absolute atomic E-state index is 11.3. The molecule has 0 radical (unpaired) electrons. The van der Waals surface area contributed by atoms with E-state index >= 15 is 0 Å². The van der Waals surface area contributed by atoms with Gasteiger partial charge in [-0.05, 0) is 0 Å². The molecule has 0 aliphatic rings. The van der Waals surface area contributed by atoms with Gasteiger partial charge in [-0.15, -0.1) is 0 Å². The Morgan fingerprint density at radius 3 is 2.81 bits per heavy atom. The summed E-state index contributed by atoms with van der Waals surface area (Å²) >= 11 is 0. The Hall–Kier alpha value is -1.41. The molecule has 0 spiro atoms. The molecule has 0 unspecified atom stereocenters. The number of nitrogen functional groups attached to an aromatic ring is 1. The molecule has 0 amide bonds. The number of rotatable bonds is 6. The smallest absolute Gasteiger partial charge is 0.213 e. The third-order valence-corrected chi connectivity index (χ3v) is 3.16. The van der Waals surface area contributed by atoms with E-state index in [-0.39, 0.29) is 12.3 Å². The standard InChI is InChI=1S/C8H15N5O2S/c1-2-12-16(14,15)4-3-11-8-6-10-5-7(9)13-8/h5-6,12H,2-4H2,1H3,(H3,9,11,13). The highest BCUT2D eigenvalue weighted by molar-refractivity contribution is 7.89. The summed E-state index contributed by atoms with van der Waals surface area (Å²) in [5, 5.41) is 2.83. The van der Waals surface area contributed by atoms with Crippen LogP contribution in [0.1, 0.15) is 6.92 Å². The minimum Gasteiger partial charge on any atom is -0.382 e. The van der Waals surface area contributed by atoms with Crippen LogP contribution in [0.3, 0.4) is 0 Å². The Kier molecular flexibility index (Phi) is 4.44. The molecular weight excluding hydrogens is 230 g/mol. The van der Waals surface area contributed by atoms with Gasteiger partial charge in [-0.2, -0.15) is 0 Å². The average molecular weight is 245 g/mol. The lowest BCUT2D eigenvalue weighted by Gasteiger charge is -2.06. The molecule has 4 N–H and O–H groups in total. The van der Waals surface area contributed by atoms with E-state index in [2.05, 4.69) is 20.0 Å². The lowest BCUT2D eigenvalue weighted by Crippen LogP contribution is -2.29. The Balaban J connectivity index is 2.42. The number of anilines is 2. The highest BCUT2D eigenvalue weighted by Gasteiger charge is 2.07. The molecule has 1 heterocycles. The number of hydrogen-bond donors (Lipinski definition) is 3. The van der Waals surface area contributed by atoms with Crippen LogP contribution in [0.2, 0.25) is 0 Å². The van der Waals surface area contributed by atoms with Gasteiger partial charge in [-0.1, -0.05) is 6.92 Å². The van der Waals surface area contributed by atoms with Gasteiger partial charge in [0, 0.05) is 13.1 Å². The Labute approximate surface area is 94.5 Å². The summed E-state index contributed by atoms with van der Waals surface area (Å²) in [6.07, 6.45) is 2.90. The summed E-state index contributed by atoms with van der Waals surface area (Å²) in [4.78, 5) is 7.75. The van der Waals surface area contributed by atoms with Crippen molar-refractivity contribution in [3.63, 3.8) is 0 Å². The molecule has 0 atom stereocenters. The van der Waals surface area contributed by atoms with Crippen LogP contribution in [-0.4, -0.2) is 37.2 Å². The van der Waals surface area contributed by atoms with E-state index < -0.39 is 10.0 Å². The molecule has 16 heavy (non-hydrogen) atoms. The number of hydrogen-bond acceptors (Lipinski definition) is 6. The van der Waals surface area contributed by atoms with E-state index in [0.29, 0.717) is 18.2 Å². The third kappa shape index (κ3) is 4.41. The Morgan fingerprint density at radius 1 is 1.44 bits per heavy atom. The van der Waals surface area contributed by atoms with Gasteiger partial charge < -0.3 is 11.1 Å². The lowest BCUT2D eigenvalue weighted by atomic mass is 10.6. The Bertz CT molecular complexity index is 434. The summed E-state index contributed by atoms with van der Waals surface area (Å²) < 4.78 is 24.9. The number of nitrogens with zero attached hydrogens (tertiary/aromatic N) is 2. The van der Waals surface area contributed by atoms with Crippen molar-refractivity contribution in [3.8, 4) is 0 Å². The SMILES string of the molecule is CCNS(=O)(=O)CCNc1cncc(N)n1. The molecule has 8 heteroatoms. The zero-order valence-corrected chi connectivity index (χ0v) is 9.79. The average Bonchev–Trinajstić information content (AvgIpc) is 2.17. The van der Waals surface area contributed by atoms with Gasteiger partial charge in [-0.25, -0.2) is 18.1 Å². The molecule has 0 saturated carbocycles.